The summed E-state index contributed by atoms with van der Waals surface area (Å²) < 4.78 is 0. The molecule has 0 aliphatic rings. The van der Waals surface area contributed by atoms with Crippen LogP contribution >= 0.6 is 0 Å². The molecule has 92 valence electrons. The number of hydrogen-bond donors (Lipinski definition) is 2. The van der Waals surface area contributed by atoms with Crippen LogP contribution in [0.15, 0.2) is 12.7 Å². The van der Waals surface area contributed by atoms with E-state index in [-0.39, 0.29) is 6.10 Å². The maximum atomic E-state index is 8.49. The van der Waals surface area contributed by atoms with Crippen molar-refractivity contribution in [3.8, 4) is 0 Å². The van der Waals surface area contributed by atoms with Crippen LogP contribution in [0.5, 0.6) is 0 Å². The van der Waals surface area contributed by atoms with Gasteiger partial charge in [-0.25, -0.2) is 0 Å². The molecule has 0 bridgehead atoms. The summed E-state index contributed by atoms with van der Waals surface area (Å²) in [6, 6.07) is 0. The highest BCUT2D eigenvalue weighted by molar-refractivity contribution is 4.65. The Bertz CT molecular complexity index is 108. The molecule has 0 aromatic carbocycles. The normalized spacial score (nSPS) is 9.67. The maximum Gasteiger partial charge on any atom is 0.0483 e. The molecule has 0 heterocycles. The van der Waals surface area contributed by atoms with Crippen LogP contribution in [0.2, 0.25) is 0 Å². The van der Waals surface area contributed by atoms with E-state index in [2.05, 4.69) is 6.58 Å². The van der Waals surface area contributed by atoms with Crippen molar-refractivity contribution in [1.82, 2.24) is 0 Å². The average molecular weight is 216 g/mol. The third-order valence-corrected chi connectivity index (χ3v) is 1.82. The van der Waals surface area contributed by atoms with Crippen molar-refractivity contribution in [1.29, 1.82) is 0 Å². The molecule has 2 heteroatoms. The fourth-order valence-corrected chi connectivity index (χ4v) is 1.11. The third kappa shape index (κ3) is 31.7. The standard InChI is InChI=1S/C10H20O.C3H8O/c1-2-3-4-5-6-7-8-9-10-11;1-3(2)4/h2,11H,1,3-10H2;3-4H,1-2H3. The molecule has 2 nitrogen and oxygen atoms in total. The highest BCUT2D eigenvalue weighted by Gasteiger charge is 1.88. The summed E-state index contributed by atoms with van der Waals surface area (Å²) in [5, 5.41) is 16.5. The van der Waals surface area contributed by atoms with Crippen molar-refractivity contribution in [2.24, 2.45) is 0 Å². The lowest BCUT2D eigenvalue weighted by atomic mass is 10.1. The Balaban J connectivity index is 0. The minimum atomic E-state index is -0.167. The van der Waals surface area contributed by atoms with Crippen molar-refractivity contribution in [3.63, 3.8) is 0 Å². The van der Waals surface area contributed by atoms with Gasteiger partial charge in [0.15, 0.2) is 0 Å². The monoisotopic (exact) mass is 216 g/mol. The van der Waals surface area contributed by atoms with Gasteiger partial charge >= 0.3 is 0 Å². The van der Waals surface area contributed by atoms with E-state index in [1.54, 1.807) is 13.8 Å². The predicted octanol–water partition coefficient (Wildman–Crippen LogP) is 3.28. The number of rotatable bonds is 8. The number of unbranched alkanes of at least 4 members (excludes halogenated alkanes) is 6. The molecule has 0 fully saturated rings. The second-order valence-corrected chi connectivity index (χ2v) is 4.02. The molecule has 0 aliphatic heterocycles. The smallest absolute Gasteiger partial charge is 0.0483 e. The first kappa shape index (κ1) is 17.1. The molecule has 0 unspecified atom stereocenters. The van der Waals surface area contributed by atoms with Crippen LogP contribution in [0.4, 0.5) is 0 Å². The van der Waals surface area contributed by atoms with Crippen molar-refractivity contribution >= 4 is 0 Å². The Morgan fingerprint density at radius 2 is 1.40 bits per heavy atom. The Labute approximate surface area is 95.0 Å². The summed E-state index contributed by atoms with van der Waals surface area (Å²) in [5.41, 5.74) is 0. The average Bonchev–Trinajstić information content (AvgIpc) is 2.16. The minimum Gasteiger partial charge on any atom is -0.396 e. The highest BCUT2D eigenvalue weighted by atomic mass is 16.3. The van der Waals surface area contributed by atoms with Crippen LogP contribution in [0, 0.1) is 0 Å². The number of hydrogen-bond acceptors (Lipinski definition) is 2. The summed E-state index contributed by atoms with van der Waals surface area (Å²) in [6.45, 7) is 7.47. The molecule has 0 rings (SSSR count). The van der Waals surface area contributed by atoms with Gasteiger partial charge in [-0.05, 0) is 33.1 Å². The fraction of sp³-hybridized carbons (Fsp3) is 0.846. The Morgan fingerprint density at radius 3 is 1.80 bits per heavy atom. The van der Waals surface area contributed by atoms with E-state index in [9.17, 15) is 0 Å². The molecule has 0 saturated carbocycles. The lowest BCUT2D eigenvalue weighted by Crippen LogP contribution is -1.85. The molecule has 0 amide bonds. The minimum absolute atomic E-state index is 0.167. The van der Waals surface area contributed by atoms with E-state index in [1.165, 1.54) is 32.1 Å². The SMILES string of the molecule is C=CCCCCCCCCO.CC(C)O. The third-order valence-electron chi connectivity index (χ3n) is 1.82. The van der Waals surface area contributed by atoms with Crippen LogP contribution in [-0.2, 0) is 0 Å². The molecule has 0 aliphatic carbocycles. The molecule has 0 aromatic rings. The van der Waals surface area contributed by atoms with Gasteiger partial charge in [0.2, 0.25) is 0 Å². The molecule has 0 spiro atoms. The summed E-state index contributed by atoms with van der Waals surface area (Å²) in [7, 11) is 0. The highest BCUT2D eigenvalue weighted by Crippen LogP contribution is 2.06. The van der Waals surface area contributed by atoms with Gasteiger partial charge in [-0.3, -0.25) is 0 Å². The van der Waals surface area contributed by atoms with Crippen LogP contribution in [0.3, 0.4) is 0 Å². The molecule has 0 saturated heterocycles. The predicted molar refractivity (Wildman–Crippen MR) is 67.0 cm³/mol. The summed E-state index contributed by atoms with van der Waals surface area (Å²) in [5.74, 6) is 0. The quantitative estimate of drug-likeness (QED) is 0.483. The molecular weight excluding hydrogens is 188 g/mol. The fourth-order valence-electron chi connectivity index (χ4n) is 1.11. The van der Waals surface area contributed by atoms with E-state index >= 15 is 0 Å². The van der Waals surface area contributed by atoms with Crippen molar-refractivity contribution < 1.29 is 10.2 Å². The van der Waals surface area contributed by atoms with E-state index in [4.69, 9.17) is 10.2 Å². The molecule has 15 heavy (non-hydrogen) atoms. The topological polar surface area (TPSA) is 40.5 Å². The van der Waals surface area contributed by atoms with Crippen LogP contribution in [-0.4, -0.2) is 22.9 Å². The Morgan fingerprint density at radius 1 is 1.00 bits per heavy atom. The van der Waals surface area contributed by atoms with Gasteiger partial charge in [-0.15, -0.1) is 6.58 Å². The van der Waals surface area contributed by atoms with Gasteiger partial charge in [0.1, 0.15) is 0 Å². The molecular formula is C13H28O2. The first-order chi connectivity index (χ1) is 7.15. The summed E-state index contributed by atoms with van der Waals surface area (Å²) in [4.78, 5) is 0. The molecule has 0 radical (unpaired) electrons. The van der Waals surface area contributed by atoms with E-state index < -0.39 is 0 Å². The number of aliphatic hydroxyl groups is 2. The Hall–Kier alpha value is -0.340. The van der Waals surface area contributed by atoms with Gasteiger partial charge in [0.05, 0.1) is 0 Å². The first-order valence-electron chi connectivity index (χ1n) is 6.05. The van der Waals surface area contributed by atoms with Crippen molar-refractivity contribution in [3.05, 3.63) is 12.7 Å². The Kier molecular flexibility index (Phi) is 18.3. The zero-order chi connectivity index (χ0) is 11.9. The second kappa shape index (κ2) is 16.1. The molecule has 2 N–H and O–H groups in total. The van der Waals surface area contributed by atoms with Gasteiger partial charge in [-0.2, -0.15) is 0 Å². The zero-order valence-electron chi connectivity index (χ0n) is 10.4. The molecule has 0 aromatic heterocycles. The second-order valence-electron chi connectivity index (χ2n) is 4.02. The van der Waals surface area contributed by atoms with Crippen LogP contribution in [0.1, 0.15) is 58.8 Å². The number of aliphatic hydroxyl groups excluding tert-OH is 2. The number of allylic oxidation sites excluding steroid dienone is 1. The van der Waals surface area contributed by atoms with Gasteiger partial charge < -0.3 is 10.2 Å². The lowest BCUT2D eigenvalue weighted by Gasteiger charge is -1.97. The summed E-state index contributed by atoms with van der Waals surface area (Å²) in [6.07, 6.45) is 10.3. The van der Waals surface area contributed by atoms with Crippen molar-refractivity contribution in [2.75, 3.05) is 6.61 Å². The largest absolute Gasteiger partial charge is 0.396 e. The summed E-state index contributed by atoms with van der Waals surface area (Å²) >= 11 is 0. The van der Waals surface area contributed by atoms with E-state index in [0.29, 0.717) is 6.61 Å². The maximum absolute atomic E-state index is 8.49. The lowest BCUT2D eigenvalue weighted by molar-refractivity contribution is 0.216. The van der Waals surface area contributed by atoms with Gasteiger partial charge in [0, 0.05) is 12.7 Å². The van der Waals surface area contributed by atoms with Gasteiger partial charge in [-0.1, -0.05) is 31.8 Å². The van der Waals surface area contributed by atoms with Gasteiger partial charge in [0.25, 0.3) is 0 Å². The van der Waals surface area contributed by atoms with Crippen LogP contribution in [0.25, 0.3) is 0 Å². The zero-order valence-corrected chi connectivity index (χ0v) is 10.4. The first-order valence-corrected chi connectivity index (χ1v) is 6.05. The van der Waals surface area contributed by atoms with E-state index in [1.807, 2.05) is 6.08 Å². The van der Waals surface area contributed by atoms with E-state index in [0.717, 1.165) is 12.8 Å². The van der Waals surface area contributed by atoms with Crippen molar-refractivity contribution in [2.45, 2.75) is 64.9 Å². The molecule has 0 atom stereocenters. The van der Waals surface area contributed by atoms with Crippen LogP contribution < -0.4 is 0 Å².